The van der Waals surface area contributed by atoms with E-state index < -0.39 is 0 Å². The van der Waals surface area contributed by atoms with Gasteiger partial charge in [0.25, 0.3) is 0 Å². The average Bonchev–Trinajstić information content (AvgIpc) is 2.95. The molecular weight excluding hydrogens is 278 g/mol. The van der Waals surface area contributed by atoms with E-state index in [1.54, 1.807) is 0 Å². The van der Waals surface area contributed by atoms with Gasteiger partial charge in [-0.2, -0.15) is 0 Å². The van der Waals surface area contributed by atoms with E-state index >= 15 is 0 Å². The van der Waals surface area contributed by atoms with Crippen LogP contribution in [-0.2, 0) is 14.3 Å². The Morgan fingerprint density at radius 3 is 2.68 bits per heavy atom. The Hall–Kier alpha value is -1.29. The summed E-state index contributed by atoms with van der Waals surface area (Å²) in [6.45, 7) is 4.98. The van der Waals surface area contributed by atoms with Gasteiger partial charge in [0, 0.05) is 5.92 Å². The first-order valence-electron chi connectivity index (χ1n) is 8.47. The van der Waals surface area contributed by atoms with E-state index in [0.717, 1.165) is 24.2 Å². The van der Waals surface area contributed by atoms with Crippen molar-refractivity contribution in [3.05, 3.63) is 23.5 Å². The summed E-state index contributed by atoms with van der Waals surface area (Å²) in [6.07, 6.45) is 9.00. The van der Waals surface area contributed by atoms with Crippen LogP contribution in [0, 0.1) is 11.3 Å². The van der Waals surface area contributed by atoms with Crippen LogP contribution in [0.25, 0.3) is 0 Å². The van der Waals surface area contributed by atoms with E-state index in [0.29, 0.717) is 19.1 Å². The van der Waals surface area contributed by atoms with Crippen molar-refractivity contribution in [2.24, 2.45) is 11.3 Å². The minimum Gasteiger partial charge on any atom is -0.498 e. The molecule has 0 aromatic carbocycles. The molecule has 22 heavy (non-hydrogen) atoms. The first-order chi connectivity index (χ1) is 10.5. The summed E-state index contributed by atoms with van der Waals surface area (Å²) < 4.78 is 11.3. The molecule has 4 nitrogen and oxygen atoms in total. The first kappa shape index (κ1) is 15.6. The maximum absolute atomic E-state index is 12.6. The van der Waals surface area contributed by atoms with Crippen molar-refractivity contribution in [2.45, 2.75) is 45.1 Å². The van der Waals surface area contributed by atoms with Gasteiger partial charge in [0.15, 0.2) is 0 Å². The SMILES string of the molecule is CCOC(=O)C1=C[C@]23CCCC[C@@H]2[C@]1(N(C)C)C=C3OCC. The average molecular weight is 305 g/mol. The van der Waals surface area contributed by atoms with Gasteiger partial charge in [0.1, 0.15) is 5.76 Å². The molecule has 122 valence electrons. The Bertz CT molecular complexity index is 536. The number of esters is 1. The lowest BCUT2D eigenvalue weighted by Gasteiger charge is -2.43. The van der Waals surface area contributed by atoms with Gasteiger partial charge in [0.2, 0.25) is 0 Å². The number of ether oxygens (including phenoxy) is 2. The Balaban J connectivity index is 2.10. The van der Waals surface area contributed by atoms with Crippen LogP contribution in [0.2, 0.25) is 0 Å². The standard InChI is InChI=1S/C18H27NO3/c1-5-21-15-12-18(19(3)4)13(16(20)22-6-2)11-17(15)10-8-7-9-14(17)18/h11-12,14H,5-10H2,1-4H3/t14-,17+,18-/m0/s1. The fourth-order valence-electron chi connectivity index (χ4n) is 4.87. The van der Waals surface area contributed by atoms with Crippen LogP contribution < -0.4 is 0 Å². The number of carbonyl (C=O) groups is 1. The molecule has 0 N–H and O–H groups in total. The van der Waals surface area contributed by atoms with Crippen LogP contribution >= 0.6 is 0 Å². The number of hydrogen-bond donors (Lipinski definition) is 0. The van der Waals surface area contributed by atoms with E-state index in [-0.39, 0.29) is 16.9 Å². The number of hydrogen-bond acceptors (Lipinski definition) is 4. The molecule has 3 atom stereocenters. The highest BCUT2D eigenvalue weighted by Crippen LogP contribution is 2.66. The van der Waals surface area contributed by atoms with Crippen molar-refractivity contribution in [3.8, 4) is 0 Å². The van der Waals surface area contributed by atoms with Crippen LogP contribution in [0.1, 0.15) is 39.5 Å². The zero-order valence-electron chi connectivity index (χ0n) is 14.1. The number of rotatable bonds is 5. The Morgan fingerprint density at radius 1 is 1.27 bits per heavy atom. The smallest absolute Gasteiger partial charge is 0.335 e. The van der Waals surface area contributed by atoms with Gasteiger partial charge >= 0.3 is 5.97 Å². The van der Waals surface area contributed by atoms with Crippen LogP contribution in [0.5, 0.6) is 0 Å². The van der Waals surface area contributed by atoms with E-state index in [1.807, 2.05) is 13.8 Å². The summed E-state index contributed by atoms with van der Waals surface area (Å²) in [5, 5.41) is 0. The van der Waals surface area contributed by atoms with Gasteiger partial charge in [-0.15, -0.1) is 0 Å². The zero-order valence-corrected chi connectivity index (χ0v) is 14.1. The normalized spacial score (nSPS) is 36.0. The van der Waals surface area contributed by atoms with Crippen LogP contribution in [0.15, 0.2) is 23.5 Å². The van der Waals surface area contributed by atoms with E-state index in [9.17, 15) is 4.79 Å². The van der Waals surface area contributed by atoms with Gasteiger partial charge in [-0.25, -0.2) is 4.79 Å². The van der Waals surface area contributed by atoms with Crippen LogP contribution in [0.3, 0.4) is 0 Å². The van der Waals surface area contributed by atoms with Gasteiger partial charge in [-0.1, -0.05) is 18.9 Å². The van der Waals surface area contributed by atoms with Crippen molar-refractivity contribution in [2.75, 3.05) is 27.3 Å². The van der Waals surface area contributed by atoms with E-state index in [4.69, 9.17) is 9.47 Å². The Morgan fingerprint density at radius 2 is 2.05 bits per heavy atom. The lowest BCUT2D eigenvalue weighted by Crippen LogP contribution is -2.50. The third kappa shape index (κ3) is 1.82. The number of likely N-dealkylation sites (N-methyl/N-ethyl adjacent to an activating group) is 1. The molecule has 3 rings (SSSR count). The minimum absolute atomic E-state index is 0.0966. The van der Waals surface area contributed by atoms with Crippen molar-refractivity contribution >= 4 is 5.97 Å². The highest BCUT2D eigenvalue weighted by molar-refractivity contribution is 5.94. The highest BCUT2D eigenvalue weighted by atomic mass is 16.5. The molecule has 4 heteroatoms. The highest BCUT2D eigenvalue weighted by Gasteiger charge is 2.66. The molecule has 0 aromatic heterocycles. The summed E-state index contributed by atoms with van der Waals surface area (Å²) >= 11 is 0. The first-order valence-corrected chi connectivity index (χ1v) is 8.47. The number of carbonyl (C=O) groups excluding carboxylic acids is 1. The van der Waals surface area contributed by atoms with Crippen molar-refractivity contribution in [1.29, 1.82) is 0 Å². The summed E-state index contributed by atoms with van der Waals surface area (Å²) in [6, 6.07) is 0. The second-order valence-corrected chi connectivity index (χ2v) is 6.78. The Kier molecular flexibility index (Phi) is 3.84. The summed E-state index contributed by atoms with van der Waals surface area (Å²) in [7, 11) is 4.12. The van der Waals surface area contributed by atoms with E-state index in [1.165, 1.54) is 12.8 Å². The molecule has 1 fully saturated rings. The molecule has 0 spiro atoms. The molecule has 0 aliphatic heterocycles. The van der Waals surface area contributed by atoms with Gasteiger partial charge < -0.3 is 9.47 Å². The van der Waals surface area contributed by atoms with E-state index in [2.05, 4.69) is 31.1 Å². The third-order valence-corrected chi connectivity index (χ3v) is 5.66. The lowest BCUT2D eigenvalue weighted by atomic mass is 9.67. The number of nitrogens with zero attached hydrogens (tertiary/aromatic N) is 1. The lowest BCUT2D eigenvalue weighted by molar-refractivity contribution is -0.139. The molecule has 0 heterocycles. The van der Waals surface area contributed by atoms with Crippen molar-refractivity contribution in [1.82, 2.24) is 4.90 Å². The summed E-state index contributed by atoms with van der Waals surface area (Å²) in [5.41, 5.74) is 0.354. The molecule has 2 bridgehead atoms. The molecule has 0 aromatic rings. The van der Waals surface area contributed by atoms with Crippen molar-refractivity contribution in [3.63, 3.8) is 0 Å². The predicted molar refractivity (Wildman–Crippen MR) is 85.2 cm³/mol. The largest absolute Gasteiger partial charge is 0.498 e. The number of allylic oxidation sites excluding steroid dienone is 1. The molecule has 1 saturated carbocycles. The Labute approximate surface area is 133 Å². The van der Waals surface area contributed by atoms with Crippen molar-refractivity contribution < 1.29 is 14.3 Å². The van der Waals surface area contributed by atoms with Gasteiger partial charge in [-0.05, 0) is 46.9 Å². The molecular formula is C18H27NO3. The molecule has 0 saturated heterocycles. The fourth-order valence-corrected chi connectivity index (χ4v) is 4.87. The monoisotopic (exact) mass is 305 g/mol. The van der Waals surface area contributed by atoms with Gasteiger partial charge in [0.05, 0.1) is 29.7 Å². The molecule has 0 radical (unpaired) electrons. The third-order valence-electron chi connectivity index (χ3n) is 5.66. The predicted octanol–water partition coefficient (Wildman–Crippen LogP) is 2.90. The molecule has 3 aliphatic carbocycles. The summed E-state index contributed by atoms with van der Waals surface area (Å²) in [4.78, 5) is 14.7. The fraction of sp³-hybridized carbons (Fsp3) is 0.722. The topological polar surface area (TPSA) is 38.8 Å². The minimum atomic E-state index is -0.364. The molecule has 3 aliphatic rings. The second-order valence-electron chi connectivity index (χ2n) is 6.78. The quantitative estimate of drug-likeness (QED) is 0.732. The van der Waals surface area contributed by atoms with Crippen LogP contribution in [0.4, 0.5) is 0 Å². The zero-order chi connectivity index (χ0) is 16.0. The van der Waals surface area contributed by atoms with Crippen LogP contribution in [-0.4, -0.2) is 43.7 Å². The maximum atomic E-state index is 12.6. The maximum Gasteiger partial charge on any atom is 0.335 e. The second kappa shape index (κ2) is 5.41. The molecule has 0 unspecified atom stereocenters. The van der Waals surface area contributed by atoms with Gasteiger partial charge in [-0.3, -0.25) is 4.90 Å². The summed E-state index contributed by atoms with van der Waals surface area (Å²) in [5.74, 6) is 1.29. The molecule has 0 amide bonds.